The van der Waals surface area contributed by atoms with Crippen LogP contribution in [0.15, 0.2) is 30.5 Å². The molecule has 0 unspecified atom stereocenters. The van der Waals surface area contributed by atoms with Crippen molar-refractivity contribution in [1.82, 2.24) is 9.97 Å². The minimum atomic E-state index is -0.230. The summed E-state index contributed by atoms with van der Waals surface area (Å²) in [6.07, 6.45) is 1.76. The topological polar surface area (TPSA) is 49.8 Å². The zero-order chi connectivity index (χ0) is 13.7. The molecule has 0 amide bonds. The maximum atomic E-state index is 13.1. The van der Waals surface area contributed by atoms with Crippen LogP contribution in [0.3, 0.4) is 0 Å². The molecule has 0 aliphatic carbocycles. The molecule has 4 nitrogen and oxygen atoms in total. The second-order valence-corrected chi connectivity index (χ2v) is 4.24. The molecular weight excluding hydrogens is 243 g/mol. The predicted molar refractivity (Wildman–Crippen MR) is 74.7 cm³/mol. The van der Waals surface area contributed by atoms with Crippen molar-refractivity contribution >= 4 is 11.8 Å². The monoisotopic (exact) mass is 260 g/mol. The molecule has 0 atom stereocenters. The molecule has 0 aliphatic rings. The summed E-state index contributed by atoms with van der Waals surface area (Å²) >= 11 is 0. The molecule has 2 aromatic rings. The van der Waals surface area contributed by atoms with Crippen molar-refractivity contribution in [1.29, 1.82) is 0 Å². The Balaban J connectivity index is 2.08. The fourth-order valence-electron chi connectivity index (χ4n) is 1.70. The quantitative estimate of drug-likeness (QED) is 0.867. The standard InChI is InChI=1S/C14H17FN4/c1-3-16-14-18-8-10(2)13(19-14)17-9-11-5-4-6-12(15)7-11/h4-8H,3,9H2,1-2H3,(H2,16,17,18,19). The van der Waals surface area contributed by atoms with Gasteiger partial charge in [-0.05, 0) is 31.5 Å². The molecule has 2 N–H and O–H groups in total. The smallest absolute Gasteiger partial charge is 0.224 e. The summed E-state index contributed by atoms with van der Waals surface area (Å²) in [6.45, 7) is 5.22. The number of halogens is 1. The van der Waals surface area contributed by atoms with Crippen LogP contribution in [0.25, 0.3) is 0 Å². The highest BCUT2D eigenvalue weighted by molar-refractivity contribution is 5.46. The Labute approximate surface area is 112 Å². The lowest BCUT2D eigenvalue weighted by Crippen LogP contribution is -2.08. The minimum absolute atomic E-state index is 0.230. The van der Waals surface area contributed by atoms with Crippen molar-refractivity contribution < 1.29 is 4.39 Å². The number of nitrogens with one attached hydrogen (secondary N) is 2. The van der Waals surface area contributed by atoms with E-state index in [4.69, 9.17) is 0 Å². The Hall–Kier alpha value is -2.17. The third kappa shape index (κ3) is 3.64. The molecule has 1 heterocycles. The number of aryl methyl sites for hydroxylation is 1. The predicted octanol–water partition coefficient (Wildman–Crippen LogP) is 2.97. The first-order chi connectivity index (χ1) is 9.19. The van der Waals surface area contributed by atoms with E-state index in [1.165, 1.54) is 12.1 Å². The van der Waals surface area contributed by atoms with Crippen molar-refractivity contribution in [3.8, 4) is 0 Å². The van der Waals surface area contributed by atoms with Gasteiger partial charge in [0.15, 0.2) is 0 Å². The van der Waals surface area contributed by atoms with E-state index >= 15 is 0 Å². The number of hydrogen-bond donors (Lipinski definition) is 2. The Morgan fingerprint density at radius 2 is 2.11 bits per heavy atom. The third-order valence-corrected chi connectivity index (χ3v) is 2.66. The van der Waals surface area contributed by atoms with Crippen LogP contribution in [0, 0.1) is 12.7 Å². The maximum Gasteiger partial charge on any atom is 0.224 e. The van der Waals surface area contributed by atoms with Crippen LogP contribution in [0.1, 0.15) is 18.1 Å². The lowest BCUT2D eigenvalue weighted by molar-refractivity contribution is 0.626. The molecule has 2 rings (SSSR count). The van der Waals surface area contributed by atoms with Crippen LogP contribution in [0.5, 0.6) is 0 Å². The number of benzene rings is 1. The van der Waals surface area contributed by atoms with E-state index in [-0.39, 0.29) is 5.82 Å². The molecule has 0 spiro atoms. The highest BCUT2D eigenvalue weighted by Gasteiger charge is 2.03. The van der Waals surface area contributed by atoms with Gasteiger partial charge in [0.1, 0.15) is 11.6 Å². The highest BCUT2D eigenvalue weighted by Crippen LogP contribution is 2.14. The average molecular weight is 260 g/mol. The van der Waals surface area contributed by atoms with Gasteiger partial charge in [-0.1, -0.05) is 12.1 Å². The molecular formula is C14H17FN4. The van der Waals surface area contributed by atoms with Crippen LogP contribution in [-0.2, 0) is 6.54 Å². The molecule has 0 saturated carbocycles. The normalized spacial score (nSPS) is 10.3. The molecule has 0 aliphatic heterocycles. The Morgan fingerprint density at radius 3 is 2.84 bits per heavy atom. The number of anilines is 2. The van der Waals surface area contributed by atoms with Gasteiger partial charge in [0.05, 0.1) is 0 Å². The van der Waals surface area contributed by atoms with Gasteiger partial charge >= 0.3 is 0 Å². The van der Waals surface area contributed by atoms with E-state index in [0.29, 0.717) is 12.5 Å². The van der Waals surface area contributed by atoms with Gasteiger partial charge in [-0.15, -0.1) is 0 Å². The molecule has 1 aromatic carbocycles. The fourth-order valence-corrected chi connectivity index (χ4v) is 1.70. The van der Waals surface area contributed by atoms with Crippen LogP contribution in [0.2, 0.25) is 0 Å². The fraction of sp³-hybridized carbons (Fsp3) is 0.286. The highest BCUT2D eigenvalue weighted by atomic mass is 19.1. The summed E-state index contributed by atoms with van der Waals surface area (Å²) in [5.41, 5.74) is 1.83. The van der Waals surface area contributed by atoms with Gasteiger partial charge in [0, 0.05) is 24.8 Å². The zero-order valence-corrected chi connectivity index (χ0v) is 11.1. The van der Waals surface area contributed by atoms with Gasteiger partial charge < -0.3 is 10.6 Å². The van der Waals surface area contributed by atoms with Gasteiger partial charge in [0.25, 0.3) is 0 Å². The van der Waals surface area contributed by atoms with Crippen molar-refractivity contribution in [2.24, 2.45) is 0 Å². The van der Waals surface area contributed by atoms with Crippen LogP contribution >= 0.6 is 0 Å². The van der Waals surface area contributed by atoms with Crippen molar-refractivity contribution in [3.63, 3.8) is 0 Å². The first-order valence-electron chi connectivity index (χ1n) is 6.25. The summed E-state index contributed by atoms with van der Waals surface area (Å²) in [7, 11) is 0. The van der Waals surface area contributed by atoms with Crippen LogP contribution in [-0.4, -0.2) is 16.5 Å². The van der Waals surface area contributed by atoms with Crippen LogP contribution < -0.4 is 10.6 Å². The lowest BCUT2D eigenvalue weighted by atomic mass is 10.2. The van der Waals surface area contributed by atoms with Crippen molar-refractivity contribution in [2.45, 2.75) is 20.4 Å². The van der Waals surface area contributed by atoms with E-state index in [2.05, 4.69) is 20.6 Å². The minimum Gasteiger partial charge on any atom is -0.366 e. The van der Waals surface area contributed by atoms with Crippen LogP contribution in [0.4, 0.5) is 16.2 Å². The second kappa shape index (κ2) is 6.13. The summed E-state index contributed by atoms with van der Waals surface area (Å²) in [4.78, 5) is 8.55. The molecule has 0 radical (unpaired) electrons. The molecule has 19 heavy (non-hydrogen) atoms. The summed E-state index contributed by atoms with van der Waals surface area (Å²) in [5, 5.41) is 6.26. The molecule has 0 bridgehead atoms. The summed E-state index contributed by atoms with van der Waals surface area (Å²) in [5.74, 6) is 1.12. The van der Waals surface area contributed by atoms with E-state index in [1.807, 2.05) is 19.9 Å². The van der Waals surface area contributed by atoms with E-state index in [1.54, 1.807) is 12.3 Å². The first-order valence-corrected chi connectivity index (χ1v) is 6.25. The molecule has 1 aromatic heterocycles. The van der Waals surface area contributed by atoms with Crippen molar-refractivity contribution in [2.75, 3.05) is 17.2 Å². The average Bonchev–Trinajstić information content (AvgIpc) is 2.40. The van der Waals surface area contributed by atoms with Crippen molar-refractivity contribution in [3.05, 3.63) is 47.4 Å². The summed E-state index contributed by atoms with van der Waals surface area (Å²) in [6, 6.07) is 6.51. The van der Waals surface area contributed by atoms with Gasteiger partial charge in [-0.3, -0.25) is 0 Å². The number of nitrogens with zero attached hydrogens (tertiary/aromatic N) is 2. The van der Waals surface area contributed by atoms with E-state index in [9.17, 15) is 4.39 Å². The Bertz CT molecular complexity index is 557. The second-order valence-electron chi connectivity index (χ2n) is 4.24. The Morgan fingerprint density at radius 1 is 1.26 bits per heavy atom. The van der Waals surface area contributed by atoms with E-state index in [0.717, 1.165) is 23.5 Å². The maximum absolute atomic E-state index is 13.1. The molecule has 0 fully saturated rings. The molecule has 0 saturated heterocycles. The molecule has 100 valence electrons. The number of aromatic nitrogens is 2. The zero-order valence-electron chi connectivity index (χ0n) is 11.1. The largest absolute Gasteiger partial charge is 0.366 e. The van der Waals surface area contributed by atoms with Gasteiger partial charge in [-0.2, -0.15) is 4.98 Å². The first kappa shape index (κ1) is 13.3. The third-order valence-electron chi connectivity index (χ3n) is 2.66. The SMILES string of the molecule is CCNc1ncc(C)c(NCc2cccc(F)c2)n1. The Kier molecular flexibility index (Phi) is 4.28. The lowest BCUT2D eigenvalue weighted by Gasteiger charge is -2.10. The number of hydrogen-bond acceptors (Lipinski definition) is 4. The van der Waals surface area contributed by atoms with E-state index < -0.39 is 0 Å². The summed E-state index contributed by atoms with van der Waals surface area (Å²) < 4.78 is 13.1. The molecule has 5 heteroatoms. The number of rotatable bonds is 5. The van der Waals surface area contributed by atoms with Gasteiger partial charge in [0.2, 0.25) is 5.95 Å². The van der Waals surface area contributed by atoms with Gasteiger partial charge in [-0.25, -0.2) is 9.37 Å².